The van der Waals surface area contributed by atoms with Crippen LogP contribution in [-0.2, 0) is 14.6 Å². The molecule has 1 aromatic heterocycles. The first kappa shape index (κ1) is 16.0. The zero-order valence-corrected chi connectivity index (χ0v) is 13.3. The van der Waals surface area contributed by atoms with E-state index in [1.165, 1.54) is 0 Å². The highest BCUT2D eigenvalue weighted by atomic mass is 32.2. The van der Waals surface area contributed by atoms with Crippen LogP contribution in [0.1, 0.15) is 36.5 Å². The van der Waals surface area contributed by atoms with Gasteiger partial charge in [-0.1, -0.05) is 0 Å². The van der Waals surface area contributed by atoms with Crippen molar-refractivity contribution in [2.75, 3.05) is 18.1 Å². The summed E-state index contributed by atoms with van der Waals surface area (Å²) in [7, 11) is -3.16. The molecule has 118 valence electrons. The lowest BCUT2D eigenvalue weighted by molar-refractivity contribution is -0.138. The van der Waals surface area contributed by atoms with Crippen LogP contribution in [-0.4, -0.2) is 48.5 Å². The van der Waals surface area contributed by atoms with Crippen LogP contribution in [0.2, 0.25) is 0 Å². The van der Waals surface area contributed by atoms with E-state index >= 15 is 0 Å². The van der Waals surface area contributed by atoms with Gasteiger partial charge in [0, 0.05) is 24.2 Å². The maximum absolute atomic E-state index is 11.8. The SMILES string of the molecule is Cc1cc(C(C)N2CCS(=O)(=O)CC2CC(=O)O)c(C)o1. The Kier molecular flexibility index (Phi) is 4.43. The van der Waals surface area contributed by atoms with Gasteiger partial charge in [0.1, 0.15) is 11.5 Å². The van der Waals surface area contributed by atoms with Gasteiger partial charge in [0.2, 0.25) is 0 Å². The maximum atomic E-state index is 11.8. The van der Waals surface area contributed by atoms with Gasteiger partial charge in [-0.3, -0.25) is 9.69 Å². The van der Waals surface area contributed by atoms with Crippen molar-refractivity contribution in [1.29, 1.82) is 0 Å². The van der Waals surface area contributed by atoms with E-state index in [1.54, 1.807) is 0 Å². The number of carboxylic acid groups (broad SMARTS) is 1. The van der Waals surface area contributed by atoms with E-state index in [1.807, 2.05) is 31.7 Å². The fraction of sp³-hybridized carbons (Fsp3) is 0.643. The summed E-state index contributed by atoms with van der Waals surface area (Å²) in [5.41, 5.74) is 0.988. The molecule has 1 N–H and O–H groups in total. The minimum Gasteiger partial charge on any atom is -0.481 e. The Morgan fingerprint density at radius 2 is 2.19 bits per heavy atom. The molecule has 1 fully saturated rings. The first-order valence-corrected chi connectivity index (χ1v) is 8.76. The van der Waals surface area contributed by atoms with Gasteiger partial charge in [-0.05, 0) is 26.8 Å². The van der Waals surface area contributed by atoms with Crippen molar-refractivity contribution >= 4 is 15.8 Å². The molecule has 0 amide bonds. The van der Waals surface area contributed by atoms with Gasteiger partial charge in [-0.15, -0.1) is 0 Å². The molecule has 2 unspecified atom stereocenters. The van der Waals surface area contributed by atoms with Crippen molar-refractivity contribution < 1.29 is 22.7 Å². The lowest BCUT2D eigenvalue weighted by atomic mass is 10.0. The molecule has 1 saturated heterocycles. The van der Waals surface area contributed by atoms with Gasteiger partial charge in [0.15, 0.2) is 9.84 Å². The summed E-state index contributed by atoms with van der Waals surface area (Å²) in [4.78, 5) is 13.0. The summed E-state index contributed by atoms with van der Waals surface area (Å²) in [6, 6.07) is 1.37. The van der Waals surface area contributed by atoms with Crippen molar-refractivity contribution in [2.45, 2.75) is 39.3 Å². The van der Waals surface area contributed by atoms with E-state index in [4.69, 9.17) is 9.52 Å². The van der Waals surface area contributed by atoms with Crippen LogP contribution in [0.15, 0.2) is 10.5 Å². The first-order chi connectivity index (χ1) is 9.69. The van der Waals surface area contributed by atoms with E-state index in [2.05, 4.69) is 0 Å². The molecule has 1 aromatic rings. The van der Waals surface area contributed by atoms with E-state index in [9.17, 15) is 13.2 Å². The molecule has 0 bridgehead atoms. The van der Waals surface area contributed by atoms with Gasteiger partial charge in [0.25, 0.3) is 0 Å². The average molecular weight is 315 g/mol. The van der Waals surface area contributed by atoms with E-state index in [0.717, 1.165) is 17.1 Å². The first-order valence-electron chi connectivity index (χ1n) is 6.94. The number of carbonyl (C=O) groups is 1. The Morgan fingerprint density at radius 1 is 1.52 bits per heavy atom. The third-order valence-electron chi connectivity index (χ3n) is 4.01. The second kappa shape index (κ2) is 5.81. The Labute approximate surface area is 124 Å². The highest BCUT2D eigenvalue weighted by Gasteiger charge is 2.36. The van der Waals surface area contributed by atoms with Gasteiger partial charge in [-0.25, -0.2) is 8.42 Å². The fourth-order valence-corrected chi connectivity index (χ4v) is 4.58. The predicted octanol–water partition coefficient (Wildman–Crippen LogP) is 1.53. The number of nitrogens with zero attached hydrogens (tertiary/aromatic N) is 1. The van der Waals surface area contributed by atoms with Crippen molar-refractivity contribution in [3.63, 3.8) is 0 Å². The van der Waals surface area contributed by atoms with E-state index < -0.39 is 21.8 Å². The maximum Gasteiger partial charge on any atom is 0.304 e. The molecule has 7 heteroatoms. The van der Waals surface area contributed by atoms with Gasteiger partial charge >= 0.3 is 5.97 Å². The molecule has 0 spiro atoms. The summed E-state index contributed by atoms with van der Waals surface area (Å²) >= 11 is 0. The normalized spacial score (nSPS) is 23.9. The Bertz CT molecular complexity index is 634. The summed E-state index contributed by atoms with van der Waals surface area (Å²) in [5, 5.41) is 9.02. The molecule has 0 aromatic carbocycles. The van der Waals surface area contributed by atoms with Gasteiger partial charge < -0.3 is 9.52 Å². The number of carboxylic acids is 1. The minimum absolute atomic E-state index is 0.0673. The molecule has 2 atom stereocenters. The number of hydrogen-bond donors (Lipinski definition) is 1. The smallest absolute Gasteiger partial charge is 0.304 e. The second-order valence-corrected chi connectivity index (χ2v) is 7.88. The quantitative estimate of drug-likeness (QED) is 0.906. The molecule has 1 aliphatic heterocycles. The summed E-state index contributed by atoms with van der Waals surface area (Å²) in [5.74, 6) is 0.591. The summed E-state index contributed by atoms with van der Waals surface area (Å²) in [6.45, 7) is 6.04. The van der Waals surface area contributed by atoms with E-state index in [-0.39, 0.29) is 24.0 Å². The molecular formula is C14H21NO5S. The highest BCUT2D eigenvalue weighted by molar-refractivity contribution is 7.91. The number of sulfone groups is 1. The van der Waals surface area contributed by atoms with Crippen LogP contribution in [0.3, 0.4) is 0 Å². The molecule has 2 rings (SSSR count). The second-order valence-electron chi connectivity index (χ2n) is 5.65. The van der Waals surface area contributed by atoms with Crippen molar-refractivity contribution in [1.82, 2.24) is 4.90 Å². The largest absolute Gasteiger partial charge is 0.481 e. The van der Waals surface area contributed by atoms with Gasteiger partial charge in [0.05, 0.1) is 17.9 Å². The zero-order chi connectivity index (χ0) is 15.8. The van der Waals surface area contributed by atoms with Crippen molar-refractivity contribution in [3.8, 4) is 0 Å². The van der Waals surface area contributed by atoms with Crippen LogP contribution in [0.25, 0.3) is 0 Å². The summed E-state index contributed by atoms with van der Waals surface area (Å²) < 4.78 is 29.1. The molecular weight excluding hydrogens is 294 g/mol. The van der Waals surface area contributed by atoms with Crippen molar-refractivity contribution in [2.24, 2.45) is 0 Å². The molecule has 0 saturated carbocycles. The molecule has 2 heterocycles. The zero-order valence-electron chi connectivity index (χ0n) is 12.5. The summed E-state index contributed by atoms with van der Waals surface area (Å²) in [6.07, 6.45) is -0.167. The lowest BCUT2D eigenvalue weighted by Gasteiger charge is -2.38. The monoisotopic (exact) mass is 315 g/mol. The third kappa shape index (κ3) is 3.65. The highest BCUT2D eigenvalue weighted by Crippen LogP contribution is 2.30. The number of rotatable bonds is 4. The topological polar surface area (TPSA) is 87.8 Å². The Morgan fingerprint density at radius 3 is 2.71 bits per heavy atom. The van der Waals surface area contributed by atoms with Crippen LogP contribution in [0.5, 0.6) is 0 Å². The molecule has 1 aliphatic rings. The lowest BCUT2D eigenvalue weighted by Crippen LogP contribution is -2.50. The fourth-order valence-electron chi connectivity index (χ4n) is 3.03. The molecule has 0 aliphatic carbocycles. The minimum atomic E-state index is -3.16. The third-order valence-corrected chi connectivity index (χ3v) is 5.71. The van der Waals surface area contributed by atoms with Crippen LogP contribution < -0.4 is 0 Å². The van der Waals surface area contributed by atoms with Gasteiger partial charge in [-0.2, -0.15) is 0 Å². The number of furan rings is 1. The molecule has 0 radical (unpaired) electrons. The standard InChI is InChI=1S/C14H21NO5S/c1-9-6-13(11(3)20-9)10(2)15-4-5-21(18,19)8-12(15)7-14(16)17/h6,10,12H,4-5,7-8H2,1-3H3,(H,16,17). The van der Waals surface area contributed by atoms with E-state index in [0.29, 0.717) is 6.54 Å². The molecule has 21 heavy (non-hydrogen) atoms. The van der Waals surface area contributed by atoms with Crippen LogP contribution in [0, 0.1) is 13.8 Å². The Hall–Kier alpha value is -1.34. The number of hydrogen-bond acceptors (Lipinski definition) is 5. The van der Waals surface area contributed by atoms with Crippen molar-refractivity contribution in [3.05, 3.63) is 23.2 Å². The number of aryl methyl sites for hydroxylation is 2. The molecule has 6 nitrogen and oxygen atoms in total. The van der Waals surface area contributed by atoms with Crippen LogP contribution in [0.4, 0.5) is 0 Å². The van der Waals surface area contributed by atoms with Crippen LogP contribution >= 0.6 is 0 Å². The Balaban J connectivity index is 2.26. The number of aliphatic carboxylic acids is 1. The average Bonchev–Trinajstić information content (AvgIpc) is 2.66. The predicted molar refractivity (Wildman–Crippen MR) is 78.0 cm³/mol.